The fourth-order valence-electron chi connectivity index (χ4n) is 2.54. The molecule has 0 bridgehead atoms. The van der Waals surface area contributed by atoms with Crippen LogP contribution >= 0.6 is 0 Å². The predicted octanol–water partition coefficient (Wildman–Crippen LogP) is 1.17. The lowest BCUT2D eigenvalue weighted by molar-refractivity contribution is 0.110. The summed E-state index contributed by atoms with van der Waals surface area (Å²) in [6.45, 7) is 3.03. The van der Waals surface area contributed by atoms with Crippen LogP contribution in [0.2, 0.25) is 0 Å². The molecule has 1 atom stereocenters. The van der Waals surface area contributed by atoms with Gasteiger partial charge in [-0.3, -0.25) is 4.79 Å². The van der Waals surface area contributed by atoms with Crippen LogP contribution in [0.15, 0.2) is 35.3 Å². The molecule has 5 heteroatoms. The monoisotopic (exact) mass is 273 g/mol. The average molecular weight is 273 g/mol. The Morgan fingerprint density at radius 2 is 2.30 bits per heavy atom. The highest BCUT2D eigenvalue weighted by Crippen LogP contribution is 2.10. The van der Waals surface area contributed by atoms with Gasteiger partial charge in [-0.1, -0.05) is 18.2 Å². The third kappa shape index (κ3) is 2.89. The molecule has 1 N–H and O–H groups in total. The van der Waals surface area contributed by atoms with Gasteiger partial charge in [0.05, 0.1) is 24.2 Å². The van der Waals surface area contributed by atoms with Crippen LogP contribution in [0.25, 0.3) is 10.8 Å². The number of ether oxygens (including phenoxy) is 1. The molecule has 2 heterocycles. The van der Waals surface area contributed by atoms with Gasteiger partial charge < -0.3 is 10.1 Å². The van der Waals surface area contributed by atoms with Crippen LogP contribution in [0, 0.1) is 0 Å². The lowest BCUT2D eigenvalue weighted by Crippen LogP contribution is -2.32. The van der Waals surface area contributed by atoms with E-state index in [-0.39, 0.29) is 5.56 Å². The highest BCUT2D eigenvalue weighted by atomic mass is 16.5. The minimum absolute atomic E-state index is 0.0259. The zero-order chi connectivity index (χ0) is 13.8. The normalized spacial score (nSPS) is 18.7. The minimum atomic E-state index is -0.0259. The first-order valence-corrected chi connectivity index (χ1v) is 7.12. The van der Waals surface area contributed by atoms with Crippen molar-refractivity contribution in [3.8, 4) is 0 Å². The highest BCUT2D eigenvalue weighted by Gasteiger charge is 2.14. The molecule has 1 aliphatic rings. The van der Waals surface area contributed by atoms with Crippen LogP contribution in [0.5, 0.6) is 0 Å². The summed E-state index contributed by atoms with van der Waals surface area (Å²) in [5.74, 6) is 0. The maximum atomic E-state index is 12.2. The van der Waals surface area contributed by atoms with Gasteiger partial charge in [-0.05, 0) is 18.9 Å². The summed E-state index contributed by atoms with van der Waals surface area (Å²) < 4.78 is 7.06. The number of nitrogens with one attached hydrogen (secondary N) is 1. The lowest BCUT2D eigenvalue weighted by atomic mass is 10.2. The third-order valence-electron chi connectivity index (χ3n) is 3.66. The smallest absolute Gasteiger partial charge is 0.274 e. The SMILES string of the molecule is O=c1c2ccccc2cnn1CCNCC1CCCO1. The summed E-state index contributed by atoms with van der Waals surface area (Å²) in [4.78, 5) is 12.2. The number of benzene rings is 1. The molecule has 1 unspecified atom stereocenters. The van der Waals surface area contributed by atoms with Crippen molar-refractivity contribution in [1.29, 1.82) is 0 Å². The van der Waals surface area contributed by atoms with E-state index in [2.05, 4.69) is 10.4 Å². The molecule has 3 rings (SSSR count). The van der Waals surface area contributed by atoms with Gasteiger partial charge >= 0.3 is 0 Å². The van der Waals surface area contributed by atoms with Crippen molar-refractivity contribution < 1.29 is 4.74 Å². The van der Waals surface area contributed by atoms with Crippen molar-refractivity contribution in [2.24, 2.45) is 0 Å². The van der Waals surface area contributed by atoms with E-state index in [4.69, 9.17) is 4.74 Å². The first-order valence-electron chi connectivity index (χ1n) is 7.12. The summed E-state index contributed by atoms with van der Waals surface area (Å²) in [7, 11) is 0. The van der Waals surface area contributed by atoms with Crippen molar-refractivity contribution in [3.63, 3.8) is 0 Å². The number of hydrogen-bond acceptors (Lipinski definition) is 4. The van der Waals surface area contributed by atoms with Crippen LogP contribution in [0.4, 0.5) is 0 Å². The zero-order valence-corrected chi connectivity index (χ0v) is 11.4. The van der Waals surface area contributed by atoms with Gasteiger partial charge in [0.25, 0.3) is 5.56 Å². The molecule has 20 heavy (non-hydrogen) atoms. The highest BCUT2D eigenvalue weighted by molar-refractivity contribution is 5.80. The van der Waals surface area contributed by atoms with E-state index in [9.17, 15) is 4.79 Å². The lowest BCUT2D eigenvalue weighted by Gasteiger charge is -2.11. The number of aromatic nitrogens is 2. The van der Waals surface area contributed by atoms with Crippen LogP contribution in [-0.2, 0) is 11.3 Å². The van der Waals surface area contributed by atoms with Crippen molar-refractivity contribution in [3.05, 3.63) is 40.8 Å². The quantitative estimate of drug-likeness (QED) is 0.831. The van der Waals surface area contributed by atoms with Crippen LogP contribution in [0.3, 0.4) is 0 Å². The fourth-order valence-corrected chi connectivity index (χ4v) is 2.54. The van der Waals surface area contributed by atoms with Gasteiger partial charge in [0.2, 0.25) is 0 Å². The molecule has 0 amide bonds. The largest absolute Gasteiger partial charge is 0.377 e. The van der Waals surface area contributed by atoms with Gasteiger partial charge in [-0.15, -0.1) is 0 Å². The molecular weight excluding hydrogens is 254 g/mol. The molecule has 106 valence electrons. The number of hydrogen-bond donors (Lipinski definition) is 1. The molecule has 0 aliphatic carbocycles. The van der Waals surface area contributed by atoms with Gasteiger partial charge in [-0.2, -0.15) is 5.10 Å². The van der Waals surface area contributed by atoms with E-state index in [0.717, 1.165) is 43.3 Å². The zero-order valence-electron chi connectivity index (χ0n) is 11.4. The maximum absolute atomic E-state index is 12.2. The Hall–Kier alpha value is -1.72. The molecule has 0 saturated carbocycles. The van der Waals surface area contributed by atoms with Crippen molar-refractivity contribution in [2.45, 2.75) is 25.5 Å². The second kappa shape index (κ2) is 6.15. The summed E-state index contributed by atoms with van der Waals surface area (Å²) in [6.07, 6.45) is 4.35. The maximum Gasteiger partial charge on any atom is 0.274 e. The first-order chi connectivity index (χ1) is 9.84. The molecule has 1 fully saturated rings. The number of rotatable bonds is 5. The topological polar surface area (TPSA) is 56.2 Å². The van der Waals surface area contributed by atoms with E-state index in [1.165, 1.54) is 4.68 Å². The Balaban J connectivity index is 1.60. The Labute approximate surface area is 117 Å². The van der Waals surface area contributed by atoms with E-state index >= 15 is 0 Å². The molecule has 2 aromatic rings. The van der Waals surface area contributed by atoms with E-state index < -0.39 is 0 Å². The average Bonchev–Trinajstić information content (AvgIpc) is 2.99. The predicted molar refractivity (Wildman–Crippen MR) is 77.8 cm³/mol. The fraction of sp³-hybridized carbons (Fsp3) is 0.467. The Kier molecular flexibility index (Phi) is 4.08. The van der Waals surface area contributed by atoms with Gasteiger partial charge in [0.1, 0.15) is 0 Å². The van der Waals surface area contributed by atoms with Crippen LogP contribution in [-0.4, -0.2) is 35.6 Å². The number of nitrogens with zero attached hydrogens (tertiary/aromatic N) is 2. The van der Waals surface area contributed by atoms with Crippen LogP contribution < -0.4 is 10.9 Å². The summed E-state index contributed by atoms with van der Waals surface area (Å²) in [6, 6.07) is 7.54. The van der Waals surface area contributed by atoms with Gasteiger partial charge in [0.15, 0.2) is 0 Å². The van der Waals surface area contributed by atoms with E-state index in [1.807, 2.05) is 24.3 Å². The second-order valence-electron chi connectivity index (χ2n) is 5.10. The van der Waals surface area contributed by atoms with Gasteiger partial charge in [0, 0.05) is 25.1 Å². The van der Waals surface area contributed by atoms with Gasteiger partial charge in [-0.25, -0.2) is 4.68 Å². The van der Waals surface area contributed by atoms with Crippen molar-refractivity contribution in [2.75, 3.05) is 19.7 Å². The van der Waals surface area contributed by atoms with E-state index in [0.29, 0.717) is 12.6 Å². The minimum Gasteiger partial charge on any atom is -0.377 e. The standard InChI is InChI=1S/C15H19N3O2/c19-15-14-6-2-1-4-12(14)10-17-18(15)8-7-16-11-13-5-3-9-20-13/h1-2,4,6,10,13,16H,3,5,7-9,11H2. The molecule has 0 radical (unpaired) electrons. The molecule has 0 spiro atoms. The summed E-state index contributed by atoms with van der Waals surface area (Å²) >= 11 is 0. The summed E-state index contributed by atoms with van der Waals surface area (Å²) in [5.41, 5.74) is -0.0259. The van der Waals surface area contributed by atoms with Crippen LogP contribution in [0.1, 0.15) is 12.8 Å². The molecule has 1 aromatic heterocycles. The Bertz CT molecular complexity index is 632. The molecule has 1 aromatic carbocycles. The third-order valence-corrected chi connectivity index (χ3v) is 3.66. The molecule has 5 nitrogen and oxygen atoms in total. The van der Waals surface area contributed by atoms with Crippen molar-refractivity contribution in [1.82, 2.24) is 15.1 Å². The Morgan fingerprint density at radius 3 is 3.15 bits per heavy atom. The Morgan fingerprint density at radius 1 is 1.40 bits per heavy atom. The van der Waals surface area contributed by atoms with E-state index in [1.54, 1.807) is 6.20 Å². The first kappa shape index (κ1) is 13.3. The molecule has 1 saturated heterocycles. The number of fused-ring (bicyclic) bond motifs is 1. The van der Waals surface area contributed by atoms with Crippen molar-refractivity contribution >= 4 is 10.8 Å². The second-order valence-corrected chi connectivity index (χ2v) is 5.10. The molecule has 1 aliphatic heterocycles. The summed E-state index contributed by atoms with van der Waals surface area (Å²) in [5, 5.41) is 9.15. The molecular formula is C15H19N3O2.